The van der Waals surface area contributed by atoms with E-state index in [1.807, 2.05) is 0 Å². The Morgan fingerprint density at radius 2 is 2.10 bits per heavy atom. The Kier molecular flexibility index (Phi) is 5.58. The van der Waals surface area contributed by atoms with E-state index >= 15 is 0 Å². The van der Waals surface area contributed by atoms with Crippen molar-refractivity contribution in [2.75, 3.05) is 13.7 Å². The number of nitrogens with two attached hydrogens (primary N) is 1. The standard InChI is InChI=1S/C7H18N2O/c1-6(4-5-10-3)7(2)9-8/h6-7,9H,4-5,8H2,1-3H3. The van der Waals surface area contributed by atoms with Gasteiger partial charge >= 0.3 is 0 Å². The second-order valence-corrected chi connectivity index (χ2v) is 2.71. The van der Waals surface area contributed by atoms with Crippen molar-refractivity contribution >= 4 is 0 Å². The second kappa shape index (κ2) is 5.65. The quantitative estimate of drug-likeness (QED) is 0.439. The molecule has 0 fully saturated rings. The first-order chi connectivity index (χ1) is 4.72. The molecule has 3 nitrogen and oxygen atoms in total. The van der Waals surface area contributed by atoms with Gasteiger partial charge in [0.2, 0.25) is 0 Å². The summed E-state index contributed by atoms with van der Waals surface area (Å²) in [6, 6.07) is 0.371. The van der Waals surface area contributed by atoms with Crippen LogP contribution in [0.4, 0.5) is 0 Å². The fourth-order valence-corrected chi connectivity index (χ4v) is 0.718. The van der Waals surface area contributed by atoms with Gasteiger partial charge in [-0.1, -0.05) is 6.92 Å². The Morgan fingerprint density at radius 3 is 2.50 bits per heavy atom. The molecule has 3 heteroatoms. The van der Waals surface area contributed by atoms with Crippen molar-refractivity contribution in [2.24, 2.45) is 11.8 Å². The van der Waals surface area contributed by atoms with Crippen LogP contribution >= 0.6 is 0 Å². The summed E-state index contributed by atoms with van der Waals surface area (Å²) >= 11 is 0. The fourth-order valence-electron chi connectivity index (χ4n) is 0.718. The van der Waals surface area contributed by atoms with Crippen molar-refractivity contribution in [1.82, 2.24) is 5.43 Å². The highest BCUT2D eigenvalue weighted by Crippen LogP contribution is 2.05. The van der Waals surface area contributed by atoms with Gasteiger partial charge in [-0.2, -0.15) is 0 Å². The maximum atomic E-state index is 5.25. The number of ether oxygens (including phenoxy) is 1. The number of hydrogen-bond donors (Lipinski definition) is 2. The summed E-state index contributed by atoms with van der Waals surface area (Å²) in [6.07, 6.45) is 1.06. The summed E-state index contributed by atoms with van der Waals surface area (Å²) < 4.78 is 4.94. The van der Waals surface area contributed by atoms with E-state index in [9.17, 15) is 0 Å². The number of hydrazine groups is 1. The first kappa shape index (κ1) is 9.88. The van der Waals surface area contributed by atoms with Crippen LogP contribution in [-0.2, 0) is 4.74 Å². The predicted octanol–water partition coefficient (Wildman–Crippen LogP) is 0.511. The SMILES string of the molecule is COCCC(C)C(C)NN. The summed E-state index contributed by atoms with van der Waals surface area (Å²) in [5.74, 6) is 5.83. The molecule has 0 bridgehead atoms. The molecule has 10 heavy (non-hydrogen) atoms. The maximum Gasteiger partial charge on any atom is 0.0465 e. The summed E-state index contributed by atoms with van der Waals surface area (Å²) in [7, 11) is 1.72. The van der Waals surface area contributed by atoms with Crippen molar-refractivity contribution in [1.29, 1.82) is 0 Å². The van der Waals surface area contributed by atoms with E-state index in [1.54, 1.807) is 7.11 Å². The van der Waals surface area contributed by atoms with Gasteiger partial charge < -0.3 is 4.74 Å². The molecule has 0 rings (SSSR count). The zero-order valence-electron chi connectivity index (χ0n) is 7.05. The summed E-state index contributed by atoms with van der Waals surface area (Å²) in [6.45, 7) is 5.04. The average Bonchev–Trinajstić information content (AvgIpc) is 1.98. The molecular formula is C7H18N2O. The zero-order chi connectivity index (χ0) is 7.98. The Hall–Kier alpha value is -0.120. The Labute approximate surface area is 62.9 Å². The lowest BCUT2D eigenvalue weighted by atomic mass is 10.0. The highest BCUT2D eigenvalue weighted by Gasteiger charge is 2.08. The minimum absolute atomic E-state index is 0.371. The van der Waals surface area contributed by atoms with Gasteiger partial charge in [-0.05, 0) is 19.3 Å². The van der Waals surface area contributed by atoms with Crippen molar-refractivity contribution < 1.29 is 4.74 Å². The lowest BCUT2D eigenvalue weighted by Gasteiger charge is -2.17. The highest BCUT2D eigenvalue weighted by molar-refractivity contribution is 4.64. The van der Waals surface area contributed by atoms with Crippen LogP contribution in [0.3, 0.4) is 0 Å². The molecule has 0 saturated carbocycles. The molecule has 0 radical (unpaired) electrons. The molecule has 0 saturated heterocycles. The fraction of sp³-hybridized carbons (Fsp3) is 1.00. The van der Waals surface area contributed by atoms with Gasteiger partial charge in [0.05, 0.1) is 0 Å². The van der Waals surface area contributed by atoms with Gasteiger partial charge in [0.1, 0.15) is 0 Å². The topological polar surface area (TPSA) is 47.3 Å². The smallest absolute Gasteiger partial charge is 0.0465 e. The first-order valence-corrected chi connectivity index (χ1v) is 3.67. The number of hydrogen-bond acceptors (Lipinski definition) is 3. The van der Waals surface area contributed by atoms with Gasteiger partial charge in [0.25, 0.3) is 0 Å². The van der Waals surface area contributed by atoms with Crippen molar-refractivity contribution in [3.05, 3.63) is 0 Å². The number of nitrogens with one attached hydrogen (secondary N) is 1. The molecule has 0 aromatic carbocycles. The third-order valence-corrected chi connectivity index (χ3v) is 1.89. The molecule has 0 aliphatic heterocycles. The van der Waals surface area contributed by atoms with Gasteiger partial charge in [0, 0.05) is 19.8 Å². The van der Waals surface area contributed by atoms with E-state index in [4.69, 9.17) is 10.6 Å². The second-order valence-electron chi connectivity index (χ2n) is 2.71. The average molecular weight is 146 g/mol. The normalized spacial score (nSPS) is 16.8. The summed E-state index contributed by atoms with van der Waals surface area (Å²) in [5, 5.41) is 0. The molecule has 3 N–H and O–H groups in total. The third kappa shape index (κ3) is 3.82. The molecule has 0 aromatic rings. The van der Waals surface area contributed by atoms with Crippen molar-refractivity contribution in [2.45, 2.75) is 26.3 Å². The Morgan fingerprint density at radius 1 is 1.50 bits per heavy atom. The van der Waals surface area contributed by atoms with Gasteiger partial charge in [-0.25, -0.2) is 0 Å². The van der Waals surface area contributed by atoms with Crippen molar-refractivity contribution in [3.63, 3.8) is 0 Å². The first-order valence-electron chi connectivity index (χ1n) is 3.67. The van der Waals surface area contributed by atoms with Crippen molar-refractivity contribution in [3.8, 4) is 0 Å². The van der Waals surface area contributed by atoms with Crippen LogP contribution in [0.1, 0.15) is 20.3 Å². The lowest BCUT2D eigenvalue weighted by molar-refractivity contribution is 0.172. The van der Waals surface area contributed by atoms with E-state index in [-0.39, 0.29) is 0 Å². The van der Waals surface area contributed by atoms with E-state index < -0.39 is 0 Å². The molecule has 0 heterocycles. The molecule has 62 valence electrons. The predicted molar refractivity (Wildman–Crippen MR) is 42.4 cm³/mol. The van der Waals surface area contributed by atoms with Crippen LogP contribution in [-0.4, -0.2) is 19.8 Å². The van der Waals surface area contributed by atoms with Gasteiger partial charge in [0.15, 0.2) is 0 Å². The minimum Gasteiger partial charge on any atom is -0.385 e. The Bertz CT molecular complexity index is 78.0. The maximum absolute atomic E-state index is 5.25. The van der Waals surface area contributed by atoms with Crippen LogP contribution in [0.2, 0.25) is 0 Å². The monoisotopic (exact) mass is 146 g/mol. The number of methoxy groups -OCH3 is 1. The highest BCUT2D eigenvalue weighted by atomic mass is 16.5. The summed E-state index contributed by atoms with van der Waals surface area (Å²) in [5.41, 5.74) is 2.72. The molecule has 2 atom stereocenters. The summed E-state index contributed by atoms with van der Waals surface area (Å²) in [4.78, 5) is 0. The largest absolute Gasteiger partial charge is 0.385 e. The van der Waals surface area contributed by atoms with Crippen LogP contribution in [0.15, 0.2) is 0 Å². The van der Waals surface area contributed by atoms with Gasteiger partial charge in [-0.3, -0.25) is 11.3 Å². The van der Waals surface area contributed by atoms with Crippen LogP contribution in [0.25, 0.3) is 0 Å². The van der Waals surface area contributed by atoms with Crippen LogP contribution in [0, 0.1) is 5.92 Å². The van der Waals surface area contributed by atoms with E-state index in [0.717, 1.165) is 13.0 Å². The molecule has 0 aromatic heterocycles. The molecular weight excluding hydrogens is 128 g/mol. The number of rotatable bonds is 5. The molecule has 0 aliphatic carbocycles. The molecule has 2 unspecified atom stereocenters. The van der Waals surface area contributed by atoms with E-state index in [2.05, 4.69) is 19.3 Å². The molecule has 0 amide bonds. The molecule has 0 aliphatic rings. The van der Waals surface area contributed by atoms with Gasteiger partial charge in [-0.15, -0.1) is 0 Å². The molecule has 0 spiro atoms. The van der Waals surface area contributed by atoms with E-state index in [1.165, 1.54) is 0 Å². The third-order valence-electron chi connectivity index (χ3n) is 1.89. The van der Waals surface area contributed by atoms with Crippen LogP contribution < -0.4 is 11.3 Å². The van der Waals surface area contributed by atoms with Crippen LogP contribution in [0.5, 0.6) is 0 Å². The van der Waals surface area contributed by atoms with E-state index in [0.29, 0.717) is 12.0 Å². The zero-order valence-corrected chi connectivity index (χ0v) is 7.05. The Balaban J connectivity index is 3.31. The minimum atomic E-state index is 0.371. The lowest BCUT2D eigenvalue weighted by Crippen LogP contribution is -2.37.